The molecule has 0 radical (unpaired) electrons. The molecule has 0 unspecified atom stereocenters. The number of phenolic OH excluding ortho intramolecular Hbond substituents is 2. The van der Waals surface area contributed by atoms with E-state index in [2.05, 4.69) is 0 Å². The van der Waals surface area contributed by atoms with E-state index in [1.807, 2.05) is 19.9 Å². The first-order valence-corrected chi connectivity index (χ1v) is 6.29. The summed E-state index contributed by atoms with van der Waals surface area (Å²) >= 11 is 0. The molecule has 0 saturated carbocycles. The van der Waals surface area contributed by atoms with Crippen LogP contribution in [-0.4, -0.2) is 20.9 Å². The second-order valence-electron chi connectivity index (χ2n) is 5.52. The van der Waals surface area contributed by atoms with E-state index < -0.39 is 5.60 Å². The van der Waals surface area contributed by atoms with E-state index in [0.29, 0.717) is 17.5 Å². The minimum absolute atomic E-state index is 0.102. The van der Waals surface area contributed by atoms with Crippen molar-refractivity contribution in [2.24, 2.45) is 0 Å². The second-order valence-corrected chi connectivity index (χ2v) is 5.52. The molecule has 0 aromatic heterocycles. The molecule has 0 aliphatic heterocycles. The van der Waals surface area contributed by atoms with Gasteiger partial charge in [-0.2, -0.15) is 0 Å². The Kier molecular flexibility index (Phi) is 4.78. The fourth-order valence-electron chi connectivity index (χ4n) is 1.59. The van der Waals surface area contributed by atoms with Gasteiger partial charge in [-0.3, -0.25) is 0 Å². The Hall–Kier alpha value is -1.74. The maximum absolute atomic E-state index is 10.1. The Labute approximate surface area is 114 Å². The highest BCUT2D eigenvalue weighted by Crippen LogP contribution is 2.30. The Morgan fingerprint density at radius 2 is 1.84 bits per heavy atom. The lowest BCUT2D eigenvalue weighted by atomic mass is 10.0. The van der Waals surface area contributed by atoms with Gasteiger partial charge >= 0.3 is 0 Å². The summed E-state index contributed by atoms with van der Waals surface area (Å²) in [4.78, 5) is 0. The van der Waals surface area contributed by atoms with Crippen molar-refractivity contribution in [3.05, 3.63) is 41.0 Å². The van der Waals surface area contributed by atoms with Crippen molar-refractivity contribution < 1.29 is 15.3 Å². The average molecular weight is 262 g/mol. The van der Waals surface area contributed by atoms with Crippen molar-refractivity contribution in [2.45, 2.75) is 39.7 Å². The van der Waals surface area contributed by atoms with E-state index in [1.54, 1.807) is 32.1 Å². The second kappa shape index (κ2) is 5.93. The molecule has 1 aromatic carbocycles. The molecule has 104 valence electrons. The number of phenols is 2. The predicted octanol–water partition coefficient (Wildman–Crippen LogP) is 3.39. The number of hydrogen-bond acceptors (Lipinski definition) is 3. The third-order valence-corrected chi connectivity index (χ3v) is 2.60. The van der Waals surface area contributed by atoms with Crippen LogP contribution < -0.4 is 0 Å². The van der Waals surface area contributed by atoms with Crippen LogP contribution in [0.2, 0.25) is 0 Å². The fourth-order valence-corrected chi connectivity index (χ4v) is 1.59. The van der Waals surface area contributed by atoms with Gasteiger partial charge in [0.05, 0.1) is 5.60 Å². The van der Waals surface area contributed by atoms with Crippen molar-refractivity contribution in [2.75, 3.05) is 0 Å². The van der Waals surface area contributed by atoms with Gasteiger partial charge < -0.3 is 15.3 Å². The highest BCUT2D eigenvalue weighted by molar-refractivity contribution is 5.62. The maximum Gasteiger partial charge on any atom is 0.126 e. The van der Waals surface area contributed by atoms with Crippen LogP contribution in [-0.2, 0) is 6.42 Å². The van der Waals surface area contributed by atoms with Crippen molar-refractivity contribution in [1.82, 2.24) is 0 Å². The standard InChI is InChI=1S/C16H22O3/c1-11(2)5-6-12-9-14(17)10-13(15(12)18)7-8-16(3,4)19/h5,7-10,17-19H,6H2,1-4H3/b8-7-. The van der Waals surface area contributed by atoms with E-state index >= 15 is 0 Å². The lowest BCUT2D eigenvalue weighted by molar-refractivity contribution is 0.134. The molecule has 3 N–H and O–H groups in total. The lowest BCUT2D eigenvalue weighted by Gasteiger charge is -2.12. The largest absolute Gasteiger partial charge is 0.508 e. The van der Waals surface area contributed by atoms with Crippen molar-refractivity contribution >= 4 is 6.08 Å². The van der Waals surface area contributed by atoms with Crippen molar-refractivity contribution in [3.8, 4) is 11.5 Å². The lowest BCUT2D eigenvalue weighted by Crippen LogP contribution is -2.13. The molecule has 0 aliphatic rings. The number of aromatic hydroxyl groups is 2. The van der Waals surface area contributed by atoms with E-state index in [9.17, 15) is 15.3 Å². The summed E-state index contributed by atoms with van der Waals surface area (Å²) in [5, 5.41) is 29.5. The summed E-state index contributed by atoms with van der Waals surface area (Å²) in [6.07, 6.45) is 5.73. The molecule has 0 amide bonds. The highest BCUT2D eigenvalue weighted by atomic mass is 16.3. The quantitative estimate of drug-likeness (QED) is 0.576. The molecule has 1 aromatic rings. The normalized spacial score (nSPS) is 11.8. The summed E-state index contributed by atoms with van der Waals surface area (Å²) < 4.78 is 0. The van der Waals surface area contributed by atoms with Gasteiger partial charge in [0.1, 0.15) is 11.5 Å². The van der Waals surface area contributed by atoms with Crippen LogP contribution in [0.15, 0.2) is 29.9 Å². The number of rotatable bonds is 4. The molecule has 3 nitrogen and oxygen atoms in total. The molecule has 0 aliphatic carbocycles. The predicted molar refractivity (Wildman–Crippen MR) is 78.2 cm³/mol. The summed E-state index contributed by atoms with van der Waals surface area (Å²) in [5.41, 5.74) is 1.35. The van der Waals surface area contributed by atoms with Gasteiger partial charge in [-0.25, -0.2) is 0 Å². The minimum atomic E-state index is -0.960. The van der Waals surface area contributed by atoms with Gasteiger partial charge in [0, 0.05) is 11.1 Å². The van der Waals surface area contributed by atoms with Crippen molar-refractivity contribution in [3.63, 3.8) is 0 Å². The molecular weight excluding hydrogens is 240 g/mol. The summed E-state index contributed by atoms with van der Waals surface area (Å²) in [7, 11) is 0. The zero-order valence-electron chi connectivity index (χ0n) is 11.9. The number of hydrogen-bond donors (Lipinski definition) is 3. The molecule has 0 heterocycles. The zero-order valence-corrected chi connectivity index (χ0v) is 11.9. The van der Waals surface area contributed by atoms with Crippen LogP contribution in [0.5, 0.6) is 11.5 Å². The topological polar surface area (TPSA) is 60.7 Å². The molecule has 0 saturated heterocycles. The summed E-state index contributed by atoms with van der Waals surface area (Å²) in [6.45, 7) is 7.25. The van der Waals surface area contributed by atoms with Gasteiger partial charge in [0.25, 0.3) is 0 Å². The Balaban J connectivity index is 3.13. The smallest absolute Gasteiger partial charge is 0.126 e. The Morgan fingerprint density at radius 1 is 1.21 bits per heavy atom. The molecule has 1 rings (SSSR count). The van der Waals surface area contributed by atoms with Crippen LogP contribution in [0.1, 0.15) is 38.8 Å². The SMILES string of the molecule is CC(C)=CCc1cc(O)cc(/C=C\C(C)(C)O)c1O. The Bertz CT molecular complexity index is 501. The molecule has 3 heteroatoms. The highest BCUT2D eigenvalue weighted by Gasteiger charge is 2.10. The van der Waals surface area contributed by atoms with E-state index in [0.717, 1.165) is 5.57 Å². The molecule has 19 heavy (non-hydrogen) atoms. The minimum Gasteiger partial charge on any atom is -0.508 e. The van der Waals surface area contributed by atoms with Crippen LogP contribution in [0.25, 0.3) is 6.08 Å². The van der Waals surface area contributed by atoms with Crippen LogP contribution >= 0.6 is 0 Å². The summed E-state index contributed by atoms with van der Waals surface area (Å²) in [5.74, 6) is 0.237. The molecule has 0 spiro atoms. The molecular formula is C16H22O3. The fraction of sp³-hybridized carbons (Fsp3) is 0.375. The van der Waals surface area contributed by atoms with E-state index in [1.165, 1.54) is 6.07 Å². The van der Waals surface area contributed by atoms with Gasteiger partial charge in [-0.15, -0.1) is 0 Å². The first-order chi connectivity index (χ1) is 8.69. The van der Waals surface area contributed by atoms with Gasteiger partial charge in [0.2, 0.25) is 0 Å². The molecule has 0 fully saturated rings. The third kappa shape index (κ3) is 5.18. The average Bonchev–Trinajstić information content (AvgIpc) is 2.26. The van der Waals surface area contributed by atoms with Crippen LogP contribution in [0, 0.1) is 0 Å². The van der Waals surface area contributed by atoms with Crippen LogP contribution in [0.3, 0.4) is 0 Å². The van der Waals surface area contributed by atoms with Gasteiger partial charge in [0.15, 0.2) is 0 Å². The van der Waals surface area contributed by atoms with Gasteiger partial charge in [-0.05, 0) is 46.2 Å². The first-order valence-electron chi connectivity index (χ1n) is 6.29. The maximum atomic E-state index is 10.1. The monoisotopic (exact) mass is 262 g/mol. The molecule has 0 bridgehead atoms. The number of allylic oxidation sites excluding steroid dienone is 2. The summed E-state index contributed by atoms with van der Waals surface area (Å²) in [6, 6.07) is 3.03. The number of benzene rings is 1. The van der Waals surface area contributed by atoms with Crippen molar-refractivity contribution in [1.29, 1.82) is 0 Å². The van der Waals surface area contributed by atoms with Crippen LogP contribution in [0.4, 0.5) is 0 Å². The van der Waals surface area contributed by atoms with E-state index in [4.69, 9.17) is 0 Å². The third-order valence-electron chi connectivity index (χ3n) is 2.60. The zero-order chi connectivity index (χ0) is 14.6. The first kappa shape index (κ1) is 15.3. The van der Waals surface area contributed by atoms with Gasteiger partial charge in [-0.1, -0.05) is 23.8 Å². The Morgan fingerprint density at radius 3 is 2.37 bits per heavy atom. The number of aliphatic hydroxyl groups is 1. The molecule has 0 atom stereocenters. The van der Waals surface area contributed by atoms with E-state index in [-0.39, 0.29) is 11.5 Å².